The van der Waals surface area contributed by atoms with Gasteiger partial charge in [-0.15, -0.1) is 0 Å². The van der Waals surface area contributed by atoms with Gasteiger partial charge in [-0.1, -0.05) is 32.0 Å². The molecule has 2 aromatic rings. The molecule has 0 aliphatic rings. The molecule has 94 valence electrons. The fraction of sp³-hybridized carbons (Fsp3) is 0.250. The largest absolute Gasteiger partial charge is 0.497 e. The van der Waals surface area contributed by atoms with E-state index in [0.29, 0.717) is 5.92 Å². The quantitative estimate of drug-likeness (QED) is 0.765. The average molecular weight is 244 g/mol. The van der Waals surface area contributed by atoms with Crippen molar-refractivity contribution >= 4 is 0 Å². The second kappa shape index (κ2) is 5.21. The first-order valence-corrected chi connectivity index (χ1v) is 6.05. The Morgan fingerprint density at radius 3 is 2.50 bits per heavy atom. The van der Waals surface area contributed by atoms with E-state index in [2.05, 4.69) is 13.8 Å². The minimum Gasteiger partial charge on any atom is -0.497 e. The minimum absolute atomic E-state index is 0.211. The van der Waals surface area contributed by atoms with Gasteiger partial charge in [-0.2, -0.15) is 0 Å². The number of rotatable bonds is 3. The van der Waals surface area contributed by atoms with Crippen LogP contribution in [0.15, 0.2) is 42.5 Å². The highest BCUT2D eigenvalue weighted by Crippen LogP contribution is 2.31. The molecule has 0 atom stereocenters. The highest BCUT2D eigenvalue weighted by Gasteiger charge is 2.10. The number of hydrogen-bond donors (Lipinski definition) is 0. The van der Waals surface area contributed by atoms with E-state index in [-0.39, 0.29) is 5.82 Å². The van der Waals surface area contributed by atoms with Gasteiger partial charge in [0.15, 0.2) is 0 Å². The molecule has 0 aliphatic heterocycles. The number of ether oxygens (including phenoxy) is 1. The van der Waals surface area contributed by atoms with Gasteiger partial charge in [0.25, 0.3) is 0 Å². The van der Waals surface area contributed by atoms with Crippen molar-refractivity contribution in [1.82, 2.24) is 0 Å². The van der Waals surface area contributed by atoms with Crippen LogP contribution in [0.5, 0.6) is 5.75 Å². The normalized spacial score (nSPS) is 10.7. The molecule has 0 radical (unpaired) electrons. The SMILES string of the molecule is COc1cccc(-c2cc(F)ccc2C(C)C)c1. The van der Waals surface area contributed by atoms with E-state index in [1.165, 1.54) is 6.07 Å². The van der Waals surface area contributed by atoms with Gasteiger partial charge in [0.1, 0.15) is 11.6 Å². The standard InChI is InChI=1S/C16H17FO/c1-11(2)15-8-7-13(17)10-16(15)12-5-4-6-14(9-12)18-3/h4-11H,1-3H3. The predicted molar refractivity (Wildman–Crippen MR) is 72.5 cm³/mol. The Morgan fingerprint density at radius 1 is 1.06 bits per heavy atom. The van der Waals surface area contributed by atoms with E-state index in [4.69, 9.17) is 4.74 Å². The van der Waals surface area contributed by atoms with Crippen molar-refractivity contribution in [3.8, 4) is 16.9 Å². The van der Waals surface area contributed by atoms with Crippen molar-refractivity contribution < 1.29 is 9.13 Å². The maximum Gasteiger partial charge on any atom is 0.123 e. The van der Waals surface area contributed by atoms with Crippen molar-refractivity contribution in [3.05, 3.63) is 53.8 Å². The topological polar surface area (TPSA) is 9.23 Å². The molecular weight excluding hydrogens is 227 g/mol. The molecule has 0 saturated carbocycles. The first-order valence-electron chi connectivity index (χ1n) is 6.05. The van der Waals surface area contributed by atoms with Crippen LogP contribution in [0.2, 0.25) is 0 Å². The summed E-state index contributed by atoms with van der Waals surface area (Å²) in [6, 6.07) is 12.7. The Hall–Kier alpha value is -1.83. The van der Waals surface area contributed by atoms with E-state index in [9.17, 15) is 4.39 Å². The molecule has 2 heteroatoms. The minimum atomic E-state index is -0.211. The monoisotopic (exact) mass is 244 g/mol. The first-order chi connectivity index (χ1) is 8.61. The zero-order chi connectivity index (χ0) is 13.1. The van der Waals surface area contributed by atoms with Gasteiger partial charge in [-0.05, 0) is 46.9 Å². The molecule has 0 bridgehead atoms. The third-order valence-electron chi connectivity index (χ3n) is 3.02. The second-order valence-corrected chi connectivity index (χ2v) is 4.62. The third kappa shape index (κ3) is 2.53. The van der Waals surface area contributed by atoms with Gasteiger partial charge < -0.3 is 4.74 Å². The van der Waals surface area contributed by atoms with Crippen LogP contribution >= 0.6 is 0 Å². The maximum absolute atomic E-state index is 13.4. The van der Waals surface area contributed by atoms with Crippen LogP contribution in [0.25, 0.3) is 11.1 Å². The Kier molecular flexibility index (Phi) is 3.66. The van der Waals surface area contributed by atoms with Crippen LogP contribution in [0.4, 0.5) is 4.39 Å². The first kappa shape index (κ1) is 12.6. The Balaban J connectivity index is 2.57. The molecule has 0 saturated heterocycles. The summed E-state index contributed by atoms with van der Waals surface area (Å²) in [6.45, 7) is 4.22. The van der Waals surface area contributed by atoms with Crippen LogP contribution < -0.4 is 4.74 Å². The van der Waals surface area contributed by atoms with E-state index >= 15 is 0 Å². The molecule has 1 nitrogen and oxygen atoms in total. The smallest absolute Gasteiger partial charge is 0.123 e. The Morgan fingerprint density at radius 2 is 1.83 bits per heavy atom. The van der Waals surface area contributed by atoms with Crippen molar-refractivity contribution in [3.63, 3.8) is 0 Å². The zero-order valence-corrected chi connectivity index (χ0v) is 10.9. The van der Waals surface area contributed by atoms with Crippen LogP contribution in [0.3, 0.4) is 0 Å². The predicted octanol–water partition coefficient (Wildman–Crippen LogP) is 4.62. The summed E-state index contributed by atoms with van der Waals surface area (Å²) >= 11 is 0. The lowest BCUT2D eigenvalue weighted by Gasteiger charge is -2.13. The van der Waals surface area contributed by atoms with Crippen molar-refractivity contribution in [2.45, 2.75) is 19.8 Å². The molecule has 0 amide bonds. The molecular formula is C16H17FO. The van der Waals surface area contributed by atoms with E-state index in [0.717, 1.165) is 22.4 Å². The summed E-state index contributed by atoms with van der Waals surface area (Å²) in [4.78, 5) is 0. The van der Waals surface area contributed by atoms with Crippen molar-refractivity contribution in [1.29, 1.82) is 0 Å². The zero-order valence-electron chi connectivity index (χ0n) is 10.9. The fourth-order valence-electron chi connectivity index (χ4n) is 2.07. The van der Waals surface area contributed by atoms with Crippen molar-refractivity contribution in [2.75, 3.05) is 7.11 Å². The highest BCUT2D eigenvalue weighted by molar-refractivity contribution is 5.69. The van der Waals surface area contributed by atoms with Gasteiger partial charge in [0.05, 0.1) is 7.11 Å². The number of hydrogen-bond acceptors (Lipinski definition) is 1. The lowest BCUT2D eigenvalue weighted by atomic mass is 9.92. The maximum atomic E-state index is 13.4. The molecule has 0 aromatic heterocycles. The summed E-state index contributed by atoms with van der Waals surface area (Å²) in [5, 5.41) is 0. The van der Waals surface area contributed by atoms with Gasteiger partial charge in [0.2, 0.25) is 0 Å². The summed E-state index contributed by atoms with van der Waals surface area (Å²) in [7, 11) is 1.63. The Bertz CT molecular complexity index is 547. The third-order valence-corrected chi connectivity index (χ3v) is 3.02. The second-order valence-electron chi connectivity index (χ2n) is 4.62. The number of benzene rings is 2. The summed E-state index contributed by atoms with van der Waals surface area (Å²) in [5.74, 6) is 0.926. The molecule has 2 rings (SSSR count). The number of halogens is 1. The lowest BCUT2D eigenvalue weighted by Crippen LogP contribution is -1.94. The van der Waals surface area contributed by atoms with Crippen LogP contribution in [-0.2, 0) is 0 Å². The van der Waals surface area contributed by atoms with Crippen LogP contribution in [-0.4, -0.2) is 7.11 Å². The molecule has 2 aromatic carbocycles. The van der Waals surface area contributed by atoms with Gasteiger partial charge in [-0.3, -0.25) is 0 Å². The molecule has 18 heavy (non-hydrogen) atoms. The number of methoxy groups -OCH3 is 1. The summed E-state index contributed by atoms with van der Waals surface area (Å²) < 4.78 is 18.7. The molecule has 0 aliphatic carbocycles. The molecule has 0 N–H and O–H groups in total. The van der Waals surface area contributed by atoms with E-state index in [1.54, 1.807) is 13.2 Å². The molecule has 0 unspecified atom stereocenters. The lowest BCUT2D eigenvalue weighted by molar-refractivity contribution is 0.415. The molecule has 0 heterocycles. The van der Waals surface area contributed by atoms with Gasteiger partial charge in [0, 0.05) is 0 Å². The van der Waals surface area contributed by atoms with Gasteiger partial charge >= 0.3 is 0 Å². The Labute approximate surface area is 107 Å². The molecule has 0 fully saturated rings. The highest BCUT2D eigenvalue weighted by atomic mass is 19.1. The summed E-state index contributed by atoms with van der Waals surface area (Å²) in [5.41, 5.74) is 3.06. The van der Waals surface area contributed by atoms with Crippen molar-refractivity contribution in [2.24, 2.45) is 0 Å². The average Bonchev–Trinajstić information content (AvgIpc) is 2.38. The van der Waals surface area contributed by atoms with Crippen LogP contribution in [0.1, 0.15) is 25.3 Å². The molecule has 0 spiro atoms. The fourth-order valence-corrected chi connectivity index (χ4v) is 2.07. The van der Waals surface area contributed by atoms with Gasteiger partial charge in [-0.25, -0.2) is 4.39 Å². The summed E-state index contributed by atoms with van der Waals surface area (Å²) in [6.07, 6.45) is 0. The van der Waals surface area contributed by atoms with Crippen LogP contribution in [0, 0.1) is 5.82 Å². The van der Waals surface area contributed by atoms with E-state index in [1.807, 2.05) is 30.3 Å². The van der Waals surface area contributed by atoms with E-state index < -0.39 is 0 Å².